The Morgan fingerprint density at radius 2 is 2.06 bits per heavy atom. The van der Waals surface area contributed by atoms with Gasteiger partial charge in [-0.1, -0.05) is 37.3 Å². The molecule has 2 rings (SSSR count). The first-order chi connectivity index (χ1) is 8.65. The van der Waals surface area contributed by atoms with Gasteiger partial charge in [-0.25, -0.2) is 0 Å². The third-order valence-electron chi connectivity index (χ3n) is 4.14. The van der Waals surface area contributed by atoms with Crippen LogP contribution < -0.4 is 5.32 Å². The fourth-order valence-electron chi connectivity index (χ4n) is 2.94. The molecular formula is C16H26N2. The van der Waals surface area contributed by atoms with Crippen LogP contribution >= 0.6 is 0 Å². The van der Waals surface area contributed by atoms with Crippen LogP contribution in [0.15, 0.2) is 30.3 Å². The molecule has 1 aliphatic rings. The largest absolute Gasteiger partial charge is 0.306 e. The van der Waals surface area contributed by atoms with Crippen LogP contribution in [-0.2, 0) is 5.54 Å². The van der Waals surface area contributed by atoms with Crippen molar-refractivity contribution in [1.29, 1.82) is 0 Å². The zero-order chi connectivity index (χ0) is 13.0. The number of hydrogen-bond donors (Lipinski definition) is 1. The summed E-state index contributed by atoms with van der Waals surface area (Å²) in [7, 11) is 0. The first-order valence-corrected chi connectivity index (χ1v) is 7.20. The van der Waals surface area contributed by atoms with E-state index < -0.39 is 0 Å². The van der Waals surface area contributed by atoms with Crippen LogP contribution in [0.2, 0.25) is 0 Å². The van der Waals surface area contributed by atoms with Gasteiger partial charge in [0.15, 0.2) is 0 Å². The summed E-state index contributed by atoms with van der Waals surface area (Å²) in [5.74, 6) is 0. The van der Waals surface area contributed by atoms with E-state index in [2.05, 4.69) is 61.3 Å². The molecule has 0 aliphatic carbocycles. The fourth-order valence-corrected chi connectivity index (χ4v) is 2.94. The summed E-state index contributed by atoms with van der Waals surface area (Å²) in [6.07, 6.45) is 2.47. The number of nitrogens with one attached hydrogen (secondary N) is 1. The summed E-state index contributed by atoms with van der Waals surface area (Å²) in [6.45, 7) is 10.4. The number of nitrogens with zero attached hydrogens (tertiary/aromatic N) is 1. The molecule has 0 spiro atoms. The maximum Gasteiger partial charge on any atom is 0.0535 e. The topological polar surface area (TPSA) is 15.3 Å². The van der Waals surface area contributed by atoms with E-state index in [0.29, 0.717) is 6.04 Å². The molecule has 0 aromatic heterocycles. The third kappa shape index (κ3) is 2.93. The van der Waals surface area contributed by atoms with Crippen molar-refractivity contribution in [3.63, 3.8) is 0 Å². The minimum absolute atomic E-state index is 0.0845. The Bertz CT molecular complexity index is 363. The Balaban J connectivity index is 2.21. The van der Waals surface area contributed by atoms with E-state index in [1.165, 1.54) is 24.9 Å². The van der Waals surface area contributed by atoms with Crippen LogP contribution in [0.4, 0.5) is 0 Å². The SMILES string of the molecule is CCCN1CC(C)(c2ccccc2)NCCC1C. The van der Waals surface area contributed by atoms with Gasteiger partial charge in [0.25, 0.3) is 0 Å². The molecule has 100 valence electrons. The zero-order valence-corrected chi connectivity index (χ0v) is 11.9. The minimum Gasteiger partial charge on any atom is -0.306 e. The van der Waals surface area contributed by atoms with E-state index in [1.807, 2.05) is 0 Å². The third-order valence-corrected chi connectivity index (χ3v) is 4.14. The van der Waals surface area contributed by atoms with E-state index in [4.69, 9.17) is 0 Å². The van der Waals surface area contributed by atoms with Crippen molar-refractivity contribution in [3.8, 4) is 0 Å². The smallest absolute Gasteiger partial charge is 0.0535 e. The standard InChI is InChI=1S/C16H26N2/c1-4-12-18-13-16(3,17-11-10-14(18)2)15-8-6-5-7-9-15/h5-9,14,17H,4,10-13H2,1-3H3. The predicted octanol–water partition coefficient (Wildman–Crippen LogP) is 3.00. The predicted molar refractivity (Wildman–Crippen MR) is 77.7 cm³/mol. The molecule has 18 heavy (non-hydrogen) atoms. The Kier molecular flexibility index (Phi) is 4.41. The lowest BCUT2D eigenvalue weighted by molar-refractivity contribution is 0.174. The van der Waals surface area contributed by atoms with Gasteiger partial charge in [-0.05, 0) is 45.3 Å². The number of rotatable bonds is 3. The van der Waals surface area contributed by atoms with Crippen LogP contribution in [0.5, 0.6) is 0 Å². The Morgan fingerprint density at radius 1 is 1.33 bits per heavy atom. The van der Waals surface area contributed by atoms with E-state index in [1.54, 1.807) is 0 Å². The minimum atomic E-state index is 0.0845. The van der Waals surface area contributed by atoms with Crippen LogP contribution in [0, 0.1) is 0 Å². The van der Waals surface area contributed by atoms with E-state index >= 15 is 0 Å². The fraction of sp³-hybridized carbons (Fsp3) is 0.625. The summed E-state index contributed by atoms with van der Waals surface area (Å²) in [5.41, 5.74) is 1.49. The molecule has 1 saturated heterocycles. The van der Waals surface area contributed by atoms with Crippen LogP contribution in [0.25, 0.3) is 0 Å². The Labute approximate surface area is 111 Å². The number of hydrogen-bond acceptors (Lipinski definition) is 2. The lowest BCUT2D eigenvalue weighted by atomic mass is 9.91. The average molecular weight is 246 g/mol. The summed E-state index contributed by atoms with van der Waals surface area (Å²) in [6, 6.07) is 11.5. The first-order valence-electron chi connectivity index (χ1n) is 7.20. The van der Waals surface area contributed by atoms with Crippen molar-refractivity contribution in [3.05, 3.63) is 35.9 Å². The van der Waals surface area contributed by atoms with Gasteiger partial charge in [-0.15, -0.1) is 0 Å². The second-order valence-corrected chi connectivity index (χ2v) is 5.73. The molecule has 2 unspecified atom stereocenters. The van der Waals surface area contributed by atoms with Gasteiger partial charge in [0.05, 0.1) is 5.54 Å². The lowest BCUT2D eigenvalue weighted by Gasteiger charge is -2.35. The molecule has 1 fully saturated rings. The van der Waals surface area contributed by atoms with Crippen LogP contribution in [0.1, 0.15) is 39.2 Å². The normalized spacial score (nSPS) is 30.1. The van der Waals surface area contributed by atoms with Gasteiger partial charge in [-0.3, -0.25) is 4.90 Å². The summed E-state index contributed by atoms with van der Waals surface area (Å²) in [5, 5.41) is 3.75. The Morgan fingerprint density at radius 3 is 2.72 bits per heavy atom. The molecule has 1 aliphatic heterocycles. The maximum atomic E-state index is 3.75. The molecule has 1 N–H and O–H groups in total. The Hall–Kier alpha value is -0.860. The highest BCUT2D eigenvalue weighted by Gasteiger charge is 2.32. The second kappa shape index (κ2) is 5.85. The molecule has 2 heteroatoms. The van der Waals surface area contributed by atoms with Gasteiger partial charge < -0.3 is 5.32 Å². The van der Waals surface area contributed by atoms with E-state index in [9.17, 15) is 0 Å². The van der Waals surface area contributed by atoms with E-state index in [0.717, 1.165) is 13.1 Å². The van der Waals surface area contributed by atoms with Crippen molar-refractivity contribution >= 4 is 0 Å². The van der Waals surface area contributed by atoms with Gasteiger partial charge in [-0.2, -0.15) is 0 Å². The van der Waals surface area contributed by atoms with Crippen molar-refractivity contribution in [2.45, 2.75) is 45.2 Å². The average Bonchev–Trinajstić information content (AvgIpc) is 2.52. The van der Waals surface area contributed by atoms with Crippen LogP contribution in [-0.4, -0.2) is 30.6 Å². The molecule has 0 radical (unpaired) electrons. The second-order valence-electron chi connectivity index (χ2n) is 5.73. The van der Waals surface area contributed by atoms with Gasteiger partial charge in [0, 0.05) is 12.6 Å². The first kappa shape index (κ1) is 13.6. The van der Waals surface area contributed by atoms with Crippen molar-refractivity contribution in [2.24, 2.45) is 0 Å². The monoisotopic (exact) mass is 246 g/mol. The molecule has 1 heterocycles. The highest BCUT2D eigenvalue weighted by Crippen LogP contribution is 2.26. The van der Waals surface area contributed by atoms with Gasteiger partial charge in [0.2, 0.25) is 0 Å². The summed E-state index contributed by atoms with van der Waals surface area (Å²) < 4.78 is 0. The highest BCUT2D eigenvalue weighted by molar-refractivity contribution is 5.24. The molecular weight excluding hydrogens is 220 g/mol. The van der Waals surface area contributed by atoms with Crippen LogP contribution in [0.3, 0.4) is 0 Å². The lowest BCUT2D eigenvalue weighted by Crippen LogP contribution is -2.47. The molecule has 0 saturated carbocycles. The molecule has 2 nitrogen and oxygen atoms in total. The van der Waals surface area contributed by atoms with Gasteiger partial charge >= 0.3 is 0 Å². The molecule has 1 aromatic rings. The van der Waals surface area contributed by atoms with E-state index in [-0.39, 0.29) is 5.54 Å². The molecule has 2 atom stereocenters. The van der Waals surface area contributed by atoms with Crippen molar-refractivity contribution in [2.75, 3.05) is 19.6 Å². The molecule has 1 aromatic carbocycles. The maximum absolute atomic E-state index is 3.75. The summed E-state index contributed by atoms with van der Waals surface area (Å²) in [4.78, 5) is 2.63. The van der Waals surface area contributed by atoms with Crippen molar-refractivity contribution in [1.82, 2.24) is 10.2 Å². The quantitative estimate of drug-likeness (QED) is 0.882. The number of benzene rings is 1. The highest BCUT2D eigenvalue weighted by atomic mass is 15.2. The molecule has 0 amide bonds. The zero-order valence-electron chi connectivity index (χ0n) is 11.9. The van der Waals surface area contributed by atoms with Gasteiger partial charge in [0.1, 0.15) is 0 Å². The van der Waals surface area contributed by atoms with Crippen molar-refractivity contribution < 1.29 is 0 Å². The summed E-state index contributed by atoms with van der Waals surface area (Å²) >= 11 is 0. The molecule has 0 bridgehead atoms.